The summed E-state index contributed by atoms with van der Waals surface area (Å²) in [5.74, 6) is 1.04. The number of nitrogens with zero attached hydrogens (tertiary/aromatic N) is 3. The standard InChI is InChI=1S/C15H23N5O2/c1-10-8-17-20(9-10)13(4)12(3)16-6-5-15(21)18-14-7-11(2)22-19-14/h7-9,12-13,16H,5-6H2,1-4H3,(H,18,19,21). The fourth-order valence-corrected chi connectivity index (χ4v) is 2.10. The molecule has 120 valence electrons. The van der Waals surface area contributed by atoms with Gasteiger partial charge in [0.25, 0.3) is 0 Å². The molecule has 2 unspecified atom stereocenters. The molecule has 0 saturated heterocycles. The van der Waals surface area contributed by atoms with Crippen LogP contribution < -0.4 is 10.6 Å². The molecule has 0 aliphatic rings. The normalized spacial score (nSPS) is 13.8. The maximum Gasteiger partial charge on any atom is 0.226 e. The van der Waals surface area contributed by atoms with Crippen LogP contribution in [0.5, 0.6) is 0 Å². The first-order valence-corrected chi connectivity index (χ1v) is 7.43. The summed E-state index contributed by atoms with van der Waals surface area (Å²) < 4.78 is 6.84. The summed E-state index contributed by atoms with van der Waals surface area (Å²) in [4.78, 5) is 11.8. The van der Waals surface area contributed by atoms with E-state index in [1.165, 1.54) is 0 Å². The minimum atomic E-state index is -0.0874. The Morgan fingerprint density at radius 3 is 2.77 bits per heavy atom. The molecule has 0 spiro atoms. The van der Waals surface area contributed by atoms with Crippen LogP contribution in [0.3, 0.4) is 0 Å². The summed E-state index contributed by atoms with van der Waals surface area (Å²) in [7, 11) is 0. The van der Waals surface area contributed by atoms with E-state index in [9.17, 15) is 4.79 Å². The van der Waals surface area contributed by atoms with Crippen LogP contribution in [-0.4, -0.2) is 33.4 Å². The molecule has 22 heavy (non-hydrogen) atoms. The Morgan fingerprint density at radius 2 is 2.18 bits per heavy atom. The molecule has 0 aromatic carbocycles. The molecule has 7 heteroatoms. The summed E-state index contributed by atoms with van der Waals surface area (Å²) in [6.45, 7) is 8.58. The van der Waals surface area contributed by atoms with E-state index in [1.54, 1.807) is 13.0 Å². The van der Waals surface area contributed by atoms with Crippen molar-refractivity contribution in [2.45, 2.75) is 46.2 Å². The van der Waals surface area contributed by atoms with Gasteiger partial charge in [-0.25, -0.2) is 0 Å². The van der Waals surface area contributed by atoms with E-state index >= 15 is 0 Å². The Kier molecular flexibility index (Phi) is 5.32. The van der Waals surface area contributed by atoms with Crippen LogP contribution in [0.1, 0.15) is 37.6 Å². The van der Waals surface area contributed by atoms with Gasteiger partial charge in [0.05, 0.1) is 12.2 Å². The molecule has 2 aromatic heterocycles. The highest BCUT2D eigenvalue weighted by molar-refractivity contribution is 5.89. The predicted molar refractivity (Wildman–Crippen MR) is 83.6 cm³/mol. The summed E-state index contributed by atoms with van der Waals surface area (Å²) >= 11 is 0. The lowest BCUT2D eigenvalue weighted by Crippen LogP contribution is -2.35. The fraction of sp³-hybridized carbons (Fsp3) is 0.533. The second-order valence-corrected chi connectivity index (χ2v) is 5.60. The summed E-state index contributed by atoms with van der Waals surface area (Å²) in [6, 6.07) is 2.12. The molecule has 0 aliphatic carbocycles. The second kappa shape index (κ2) is 7.22. The number of anilines is 1. The van der Waals surface area contributed by atoms with Crippen LogP contribution in [0.4, 0.5) is 5.82 Å². The largest absolute Gasteiger partial charge is 0.360 e. The third-order valence-electron chi connectivity index (χ3n) is 3.59. The lowest BCUT2D eigenvalue weighted by Gasteiger charge is -2.21. The Labute approximate surface area is 130 Å². The fourth-order valence-electron chi connectivity index (χ4n) is 2.10. The van der Waals surface area contributed by atoms with Crippen LogP contribution in [0.15, 0.2) is 23.0 Å². The topological polar surface area (TPSA) is 85.0 Å². The van der Waals surface area contributed by atoms with Crippen molar-refractivity contribution in [1.29, 1.82) is 0 Å². The lowest BCUT2D eigenvalue weighted by atomic mass is 10.1. The number of aromatic nitrogens is 3. The molecule has 0 fully saturated rings. The van der Waals surface area contributed by atoms with E-state index in [0.29, 0.717) is 24.5 Å². The molecule has 2 rings (SSSR count). The van der Waals surface area contributed by atoms with Crippen molar-refractivity contribution in [3.8, 4) is 0 Å². The first-order valence-electron chi connectivity index (χ1n) is 7.43. The summed E-state index contributed by atoms with van der Waals surface area (Å²) in [5.41, 5.74) is 1.14. The number of amides is 1. The Balaban J connectivity index is 1.72. The first kappa shape index (κ1) is 16.2. The maximum atomic E-state index is 11.8. The average molecular weight is 305 g/mol. The van der Waals surface area contributed by atoms with Gasteiger partial charge in [0.15, 0.2) is 5.82 Å². The van der Waals surface area contributed by atoms with Crippen molar-refractivity contribution in [2.24, 2.45) is 0 Å². The number of hydrogen-bond donors (Lipinski definition) is 2. The zero-order valence-electron chi connectivity index (χ0n) is 13.5. The van der Waals surface area contributed by atoms with E-state index in [2.05, 4.69) is 34.7 Å². The van der Waals surface area contributed by atoms with Gasteiger partial charge in [-0.3, -0.25) is 9.48 Å². The Bertz CT molecular complexity index is 619. The lowest BCUT2D eigenvalue weighted by molar-refractivity contribution is -0.116. The zero-order valence-corrected chi connectivity index (χ0v) is 13.5. The van der Waals surface area contributed by atoms with Crippen LogP contribution in [-0.2, 0) is 4.79 Å². The van der Waals surface area contributed by atoms with Crippen LogP contribution in [0.2, 0.25) is 0 Å². The van der Waals surface area contributed by atoms with Crippen molar-refractivity contribution < 1.29 is 9.32 Å². The molecule has 2 aromatic rings. The highest BCUT2D eigenvalue weighted by atomic mass is 16.5. The van der Waals surface area contributed by atoms with E-state index in [-0.39, 0.29) is 18.0 Å². The first-order chi connectivity index (χ1) is 10.5. The maximum absolute atomic E-state index is 11.8. The van der Waals surface area contributed by atoms with Gasteiger partial charge in [-0.15, -0.1) is 0 Å². The van der Waals surface area contributed by atoms with Crippen molar-refractivity contribution in [3.63, 3.8) is 0 Å². The molecule has 2 atom stereocenters. The minimum absolute atomic E-state index is 0.0874. The van der Waals surface area contributed by atoms with E-state index in [4.69, 9.17) is 4.52 Å². The van der Waals surface area contributed by atoms with Gasteiger partial charge in [-0.1, -0.05) is 5.16 Å². The van der Waals surface area contributed by atoms with Gasteiger partial charge in [0.1, 0.15) is 5.76 Å². The van der Waals surface area contributed by atoms with E-state index < -0.39 is 0 Å². The smallest absolute Gasteiger partial charge is 0.226 e. The SMILES string of the molecule is Cc1cnn(C(C)C(C)NCCC(=O)Nc2cc(C)on2)c1. The molecule has 2 heterocycles. The zero-order chi connectivity index (χ0) is 16.1. The molecule has 0 aliphatic heterocycles. The van der Waals surface area contributed by atoms with E-state index in [0.717, 1.165) is 5.56 Å². The quantitative estimate of drug-likeness (QED) is 0.818. The molecular weight excluding hydrogens is 282 g/mol. The minimum Gasteiger partial charge on any atom is -0.360 e. The number of rotatable bonds is 7. The molecule has 7 nitrogen and oxygen atoms in total. The van der Waals surface area contributed by atoms with E-state index in [1.807, 2.05) is 24.0 Å². The van der Waals surface area contributed by atoms with Gasteiger partial charge < -0.3 is 15.2 Å². The van der Waals surface area contributed by atoms with Crippen LogP contribution >= 0.6 is 0 Å². The van der Waals surface area contributed by atoms with Gasteiger partial charge in [0, 0.05) is 31.3 Å². The van der Waals surface area contributed by atoms with Crippen molar-refractivity contribution in [3.05, 3.63) is 29.8 Å². The third-order valence-corrected chi connectivity index (χ3v) is 3.59. The van der Waals surface area contributed by atoms with Crippen molar-refractivity contribution in [1.82, 2.24) is 20.3 Å². The number of carbonyl (C=O) groups excluding carboxylic acids is 1. The molecule has 1 amide bonds. The number of nitrogens with one attached hydrogen (secondary N) is 2. The summed E-state index contributed by atoms with van der Waals surface area (Å²) in [5, 5.41) is 14.1. The van der Waals surface area contributed by atoms with Crippen molar-refractivity contribution >= 4 is 11.7 Å². The number of carbonyl (C=O) groups is 1. The molecular formula is C15H23N5O2. The molecule has 2 N–H and O–H groups in total. The predicted octanol–water partition coefficient (Wildman–Crippen LogP) is 2.06. The third kappa shape index (κ3) is 4.42. The average Bonchev–Trinajstić information content (AvgIpc) is 3.06. The number of hydrogen-bond acceptors (Lipinski definition) is 5. The Hall–Kier alpha value is -2.15. The highest BCUT2D eigenvalue weighted by Gasteiger charge is 2.14. The van der Waals surface area contributed by atoms with Gasteiger partial charge >= 0.3 is 0 Å². The highest BCUT2D eigenvalue weighted by Crippen LogP contribution is 2.11. The second-order valence-electron chi connectivity index (χ2n) is 5.60. The Morgan fingerprint density at radius 1 is 1.41 bits per heavy atom. The molecule has 0 radical (unpaired) electrons. The van der Waals surface area contributed by atoms with Crippen molar-refractivity contribution in [2.75, 3.05) is 11.9 Å². The summed E-state index contributed by atoms with van der Waals surface area (Å²) in [6.07, 6.45) is 4.24. The van der Waals surface area contributed by atoms with Gasteiger partial charge in [0.2, 0.25) is 5.91 Å². The van der Waals surface area contributed by atoms with Crippen LogP contribution in [0, 0.1) is 13.8 Å². The van der Waals surface area contributed by atoms with Crippen LogP contribution in [0.25, 0.3) is 0 Å². The number of aryl methyl sites for hydroxylation is 2. The monoisotopic (exact) mass is 305 g/mol. The van der Waals surface area contributed by atoms with Gasteiger partial charge in [-0.2, -0.15) is 5.10 Å². The molecule has 0 saturated carbocycles. The van der Waals surface area contributed by atoms with Gasteiger partial charge in [-0.05, 0) is 33.3 Å². The molecule has 0 bridgehead atoms.